The second-order valence-electron chi connectivity index (χ2n) is 2.65. The lowest BCUT2D eigenvalue weighted by molar-refractivity contribution is 0.0785. The van der Waals surface area contributed by atoms with Crippen molar-refractivity contribution in [3.63, 3.8) is 0 Å². The van der Waals surface area contributed by atoms with Crippen molar-refractivity contribution in [2.24, 2.45) is 0 Å². The van der Waals surface area contributed by atoms with Crippen LogP contribution >= 0.6 is 0 Å². The number of nitrogens with zero attached hydrogens (tertiary/aromatic N) is 1. The highest BCUT2D eigenvalue weighted by Crippen LogP contribution is 2.05. The maximum Gasteiger partial charge on any atom is 0.266 e. The third-order valence-corrected chi connectivity index (χ3v) is 2.19. The molecule has 0 rings (SSSR count). The van der Waals surface area contributed by atoms with Crippen LogP contribution in [-0.2, 0) is 14.3 Å². The molecule has 0 fully saturated rings. The van der Waals surface area contributed by atoms with Crippen LogP contribution in [0.1, 0.15) is 13.8 Å². The van der Waals surface area contributed by atoms with Crippen molar-refractivity contribution in [3.8, 4) is 0 Å². The maximum atomic E-state index is 10.8. The molecule has 13 heavy (non-hydrogen) atoms. The Morgan fingerprint density at radius 2 is 1.92 bits per heavy atom. The summed E-state index contributed by atoms with van der Waals surface area (Å²) in [5.74, 6) is 0. The average Bonchev–Trinajstić information content (AvgIpc) is 2.02. The molecule has 0 amide bonds. The van der Waals surface area contributed by atoms with Crippen LogP contribution in [0.25, 0.3) is 0 Å². The Morgan fingerprint density at radius 3 is 2.15 bits per heavy atom. The topological polar surface area (TPSA) is 46.6 Å². The highest BCUT2D eigenvalue weighted by atomic mass is 32.2. The Hall–Kier alpha value is -0.390. The molecule has 0 spiro atoms. The van der Waals surface area contributed by atoms with Crippen LogP contribution in [0.3, 0.4) is 0 Å². The summed E-state index contributed by atoms with van der Waals surface area (Å²) in [5.41, 5.74) is 0. The number of hydrogen-bond acceptors (Lipinski definition) is 4. The van der Waals surface area contributed by atoms with Gasteiger partial charge >= 0.3 is 0 Å². The minimum atomic E-state index is -3.41. The Kier molecular flexibility index (Phi) is 5.20. The molecule has 0 N–H and O–H groups in total. The fraction of sp³-hybridized carbons (Fsp3) is 0.750. The summed E-state index contributed by atoms with van der Waals surface area (Å²) in [7, 11) is -3.41. The summed E-state index contributed by atoms with van der Waals surface area (Å²) in [6.07, 6.45) is 1.96. The molecule has 0 aromatic rings. The van der Waals surface area contributed by atoms with Gasteiger partial charge in [0, 0.05) is 0 Å². The van der Waals surface area contributed by atoms with Gasteiger partial charge in [-0.2, -0.15) is 8.42 Å². The molecule has 0 heterocycles. The first kappa shape index (κ1) is 12.6. The molecule has 4 nitrogen and oxygen atoms in total. The van der Waals surface area contributed by atoms with Gasteiger partial charge in [-0.25, -0.2) is 4.18 Å². The van der Waals surface area contributed by atoms with Crippen molar-refractivity contribution in [1.82, 2.24) is 4.90 Å². The summed E-state index contributed by atoms with van der Waals surface area (Å²) in [5, 5.41) is 0. The van der Waals surface area contributed by atoms with E-state index in [1.54, 1.807) is 0 Å². The smallest absolute Gasteiger partial charge is 0.266 e. The molecule has 78 valence electrons. The van der Waals surface area contributed by atoms with E-state index >= 15 is 0 Å². The lowest BCUT2D eigenvalue weighted by Gasteiger charge is -2.25. The molecule has 0 aromatic heterocycles. The zero-order valence-electron chi connectivity index (χ0n) is 8.36. The standard InChI is InChI=1S/C8H17NO3S/c1-5-8(9(6-2)7-3)12-13(4,10)11/h5,8H,1,6-7H2,2-4H3. The Balaban J connectivity index is 4.41. The van der Waals surface area contributed by atoms with Gasteiger partial charge in [0.2, 0.25) is 0 Å². The Labute approximate surface area is 80.3 Å². The van der Waals surface area contributed by atoms with Gasteiger partial charge in [0.1, 0.15) is 6.23 Å². The molecule has 0 bridgehead atoms. The van der Waals surface area contributed by atoms with Gasteiger partial charge in [-0.05, 0) is 19.2 Å². The Bertz CT molecular complexity index is 244. The lowest BCUT2D eigenvalue weighted by atomic mass is 10.4. The third kappa shape index (κ3) is 5.02. The maximum absolute atomic E-state index is 10.8. The van der Waals surface area contributed by atoms with Gasteiger partial charge in [0.05, 0.1) is 6.26 Å². The predicted octanol–water partition coefficient (Wildman–Crippen LogP) is 0.816. The van der Waals surface area contributed by atoms with Gasteiger partial charge in [-0.3, -0.25) is 4.90 Å². The van der Waals surface area contributed by atoms with Crippen molar-refractivity contribution in [3.05, 3.63) is 12.7 Å². The van der Waals surface area contributed by atoms with Gasteiger partial charge in [-0.15, -0.1) is 0 Å². The van der Waals surface area contributed by atoms with Crippen LogP contribution in [-0.4, -0.2) is 38.9 Å². The van der Waals surface area contributed by atoms with Gasteiger partial charge < -0.3 is 0 Å². The predicted molar refractivity (Wildman–Crippen MR) is 52.8 cm³/mol. The third-order valence-electron chi connectivity index (χ3n) is 1.65. The molecule has 5 heteroatoms. The molecule has 0 aliphatic rings. The molecule has 0 aliphatic heterocycles. The van der Waals surface area contributed by atoms with E-state index in [-0.39, 0.29) is 0 Å². The van der Waals surface area contributed by atoms with Gasteiger partial charge in [0.15, 0.2) is 0 Å². The van der Waals surface area contributed by atoms with Gasteiger partial charge in [0.25, 0.3) is 10.1 Å². The highest BCUT2D eigenvalue weighted by Gasteiger charge is 2.17. The van der Waals surface area contributed by atoms with Crippen LogP contribution in [0.2, 0.25) is 0 Å². The largest absolute Gasteiger partial charge is 0.274 e. The van der Waals surface area contributed by atoms with Crippen LogP contribution < -0.4 is 0 Å². The number of likely N-dealkylation sites (N-methyl/N-ethyl adjacent to an activating group) is 1. The first-order chi connectivity index (χ1) is 5.94. The Morgan fingerprint density at radius 1 is 1.46 bits per heavy atom. The van der Waals surface area contributed by atoms with Crippen LogP contribution in [0, 0.1) is 0 Å². The van der Waals surface area contributed by atoms with Crippen molar-refractivity contribution >= 4 is 10.1 Å². The lowest BCUT2D eigenvalue weighted by Crippen LogP contribution is -2.36. The fourth-order valence-electron chi connectivity index (χ4n) is 1.01. The minimum absolute atomic E-state index is 0.551. The van der Waals surface area contributed by atoms with E-state index in [4.69, 9.17) is 4.18 Å². The second-order valence-corrected chi connectivity index (χ2v) is 4.25. The highest BCUT2D eigenvalue weighted by molar-refractivity contribution is 7.86. The SMILES string of the molecule is C=CC(OS(C)(=O)=O)N(CC)CC. The first-order valence-electron chi connectivity index (χ1n) is 4.19. The van der Waals surface area contributed by atoms with Crippen molar-refractivity contribution in [1.29, 1.82) is 0 Å². The monoisotopic (exact) mass is 207 g/mol. The first-order valence-corrected chi connectivity index (χ1v) is 6.01. The zero-order chi connectivity index (χ0) is 10.5. The number of hydrogen-bond donors (Lipinski definition) is 0. The van der Waals surface area contributed by atoms with E-state index in [1.165, 1.54) is 6.08 Å². The van der Waals surface area contributed by atoms with Gasteiger partial charge in [-0.1, -0.05) is 20.4 Å². The van der Waals surface area contributed by atoms with Crippen LogP contribution in [0.5, 0.6) is 0 Å². The van der Waals surface area contributed by atoms with E-state index < -0.39 is 16.3 Å². The average molecular weight is 207 g/mol. The summed E-state index contributed by atoms with van der Waals surface area (Å²) >= 11 is 0. The van der Waals surface area contributed by atoms with E-state index in [9.17, 15) is 8.42 Å². The van der Waals surface area contributed by atoms with Crippen molar-refractivity contribution in [2.75, 3.05) is 19.3 Å². The summed E-state index contributed by atoms with van der Waals surface area (Å²) < 4.78 is 26.5. The molecular weight excluding hydrogens is 190 g/mol. The normalized spacial score (nSPS) is 14.5. The van der Waals surface area contributed by atoms with Crippen molar-refractivity contribution < 1.29 is 12.6 Å². The van der Waals surface area contributed by atoms with Crippen LogP contribution in [0.4, 0.5) is 0 Å². The molecule has 0 aliphatic carbocycles. The molecule has 0 aromatic carbocycles. The summed E-state index contributed by atoms with van der Waals surface area (Å²) in [4.78, 5) is 1.86. The molecular formula is C8H17NO3S. The van der Waals surface area contributed by atoms with Crippen LogP contribution in [0.15, 0.2) is 12.7 Å². The fourth-order valence-corrected chi connectivity index (χ4v) is 1.57. The quantitative estimate of drug-likeness (QED) is 0.367. The van der Waals surface area contributed by atoms with E-state index in [0.29, 0.717) is 0 Å². The molecule has 0 radical (unpaired) electrons. The molecule has 0 saturated carbocycles. The zero-order valence-corrected chi connectivity index (χ0v) is 9.17. The summed E-state index contributed by atoms with van der Waals surface area (Å²) in [6.45, 7) is 8.85. The molecule has 1 unspecified atom stereocenters. The van der Waals surface area contributed by atoms with E-state index in [2.05, 4.69) is 6.58 Å². The minimum Gasteiger partial charge on any atom is -0.274 e. The number of rotatable bonds is 6. The summed E-state index contributed by atoms with van der Waals surface area (Å²) in [6, 6.07) is 0. The molecule has 1 atom stereocenters. The second kappa shape index (κ2) is 5.36. The van der Waals surface area contributed by atoms with E-state index in [1.807, 2.05) is 18.7 Å². The van der Waals surface area contributed by atoms with E-state index in [0.717, 1.165) is 19.3 Å². The molecule has 0 saturated heterocycles. The van der Waals surface area contributed by atoms with Crippen molar-refractivity contribution in [2.45, 2.75) is 20.1 Å².